The molecule has 7 heteroatoms. The summed E-state index contributed by atoms with van der Waals surface area (Å²) >= 11 is 0. The van der Waals surface area contributed by atoms with Crippen LogP contribution in [0.3, 0.4) is 0 Å². The minimum Gasteiger partial charge on any atom is -0.496 e. The molecule has 0 unspecified atom stereocenters. The lowest BCUT2D eigenvalue weighted by Crippen LogP contribution is -3.28. The van der Waals surface area contributed by atoms with Crippen molar-refractivity contribution >= 4 is 0 Å². The van der Waals surface area contributed by atoms with Gasteiger partial charge in [0, 0.05) is 0 Å². The van der Waals surface area contributed by atoms with Crippen molar-refractivity contribution in [3.05, 3.63) is 48.3 Å². The highest BCUT2D eigenvalue weighted by atomic mass is 16.5. The highest BCUT2D eigenvalue weighted by molar-refractivity contribution is 5.37. The molecule has 0 radical (unpaired) electrons. The topological polar surface area (TPSA) is 61.7 Å². The average molecular weight is 385 g/mol. The zero-order valence-corrected chi connectivity index (χ0v) is 16.8. The Morgan fingerprint density at radius 2 is 1.96 bits per heavy atom. The standard InChI is InChI=1S/C21H30N6O/c1-3-12-25-13-15-26(16-14-25)20(18-10-6-7-11-19(18)28-2)21-22-23-24-27(21)17-8-4-5-9-17/h3,6-7,10-11,17,20H,1,4-5,8-9,12-16H2,2H3/p+2/t20-/m1/s1. The number of quaternary nitrogens is 2. The number of ether oxygens (including phenoxy) is 1. The Hall–Kier alpha value is -2.25. The number of nitrogens with one attached hydrogen (secondary N) is 2. The first kappa shape index (κ1) is 19.1. The van der Waals surface area contributed by atoms with Crippen molar-refractivity contribution < 1.29 is 14.5 Å². The van der Waals surface area contributed by atoms with E-state index in [4.69, 9.17) is 4.74 Å². The fourth-order valence-corrected chi connectivity index (χ4v) is 4.87. The molecule has 2 aromatic rings. The Morgan fingerprint density at radius 1 is 1.21 bits per heavy atom. The van der Waals surface area contributed by atoms with Crippen molar-refractivity contribution in [2.24, 2.45) is 0 Å². The number of benzene rings is 1. The predicted molar refractivity (Wildman–Crippen MR) is 107 cm³/mol. The second kappa shape index (κ2) is 8.84. The molecular weight excluding hydrogens is 352 g/mol. The van der Waals surface area contributed by atoms with E-state index in [1.807, 2.05) is 18.2 Å². The number of tetrazole rings is 1. The van der Waals surface area contributed by atoms with Crippen LogP contribution in [0, 0.1) is 0 Å². The van der Waals surface area contributed by atoms with Crippen LogP contribution in [0.2, 0.25) is 0 Å². The summed E-state index contributed by atoms with van der Waals surface area (Å²) in [5.41, 5.74) is 1.18. The Morgan fingerprint density at radius 3 is 2.68 bits per heavy atom. The first-order chi connectivity index (χ1) is 13.8. The van der Waals surface area contributed by atoms with Gasteiger partial charge in [-0.05, 0) is 41.5 Å². The molecular formula is C21H32N6O+2. The number of para-hydroxylation sites is 1. The lowest BCUT2D eigenvalue weighted by molar-refractivity contribution is -1.02. The summed E-state index contributed by atoms with van der Waals surface area (Å²) in [7, 11) is 1.75. The van der Waals surface area contributed by atoms with Crippen LogP contribution in [0.4, 0.5) is 0 Å². The largest absolute Gasteiger partial charge is 0.496 e. The molecule has 2 N–H and O–H groups in total. The summed E-state index contributed by atoms with van der Waals surface area (Å²) in [4.78, 5) is 3.12. The van der Waals surface area contributed by atoms with Crippen LogP contribution in [0.1, 0.15) is 49.2 Å². The van der Waals surface area contributed by atoms with Crippen molar-refractivity contribution in [3.63, 3.8) is 0 Å². The number of rotatable bonds is 7. The summed E-state index contributed by atoms with van der Waals surface area (Å²) < 4.78 is 7.84. The van der Waals surface area contributed by atoms with E-state index >= 15 is 0 Å². The highest BCUT2D eigenvalue weighted by Gasteiger charge is 2.38. The molecule has 2 fully saturated rings. The molecule has 7 nitrogen and oxygen atoms in total. The van der Waals surface area contributed by atoms with E-state index < -0.39 is 0 Å². The van der Waals surface area contributed by atoms with Gasteiger partial charge >= 0.3 is 0 Å². The third-order valence-electron chi connectivity index (χ3n) is 6.34. The lowest BCUT2D eigenvalue weighted by Gasteiger charge is -2.34. The van der Waals surface area contributed by atoms with Gasteiger partial charge in [0.15, 0.2) is 6.04 Å². The van der Waals surface area contributed by atoms with Crippen LogP contribution in [-0.4, -0.2) is 60.0 Å². The van der Waals surface area contributed by atoms with Gasteiger partial charge in [0.1, 0.15) is 31.9 Å². The van der Waals surface area contributed by atoms with Crippen molar-refractivity contribution in [3.8, 4) is 5.75 Å². The van der Waals surface area contributed by atoms with E-state index in [9.17, 15) is 0 Å². The Labute approximate surface area is 167 Å². The molecule has 0 spiro atoms. The normalized spacial score (nSPS) is 24.2. The fourth-order valence-electron chi connectivity index (χ4n) is 4.87. The van der Waals surface area contributed by atoms with Crippen LogP contribution in [-0.2, 0) is 0 Å². The van der Waals surface area contributed by atoms with Crippen LogP contribution in [0.15, 0.2) is 36.9 Å². The molecule has 1 aromatic carbocycles. The molecule has 2 aliphatic rings. The molecule has 4 rings (SSSR count). The van der Waals surface area contributed by atoms with Crippen LogP contribution < -0.4 is 14.5 Å². The van der Waals surface area contributed by atoms with Gasteiger partial charge in [-0.1, -0.05) is 31.6 Å². The van der Waals surface area contributed by atoms with Crippen molar-refractivity contribution in [1.29, 1.82) is 0 Å². The Bertz CT molecular complexity index is 777. The average Bonchev–Trinajstić information content (AvgIpc) is 3.42. The SMILES string of the molecule is C=CC[NH+]1CC[NH+]([C@H](c2ccccc2OC)c2nnnn2C2CCCC2)CC1. The summed E-state index contributed by atoms with van der Waals surface area (Å²) in [5, 5.41) is 13.1. The maximum atomic E-state index is 5.73. The van der Waals surface area contributed by atoms with Gasteiger partial charge in [0.05, 0.1) is 25.3 Å². The summed E-state index contributed by atoms with van der Waals surface area (Å²) in [6.07, 6.45) is 6.89. The van der Waals surface area contributed by atoms with Crippen LogP contribution >= 0.6 is 0 Å². The summed E-state index contributed by atoms with van der Waals surface area (Å²) in [5.74, 6) is 1.90. The predicted octanol–water partition coefficient (Wildman–Crippen LogP) is -0.144. The van der Waals surface area contributed by atoms with Crippen molar-refractivity contribution in [1.82, 2.24) is 20.2 Å². The van der Waals surface area contributed by atoms with E-state index in [1.165, 1.54) is 36.1 Å². The number of hydrogen-bond donors (Lipinski definition) is 2. The van der Waals surface area contributed by atoms with Gasteiger partial charge in [-0.2, -0.15) is 0 Å². The second-order valence-electron chi connectivity index (χ2n) is 8.00. The smallest absolute Gasteiger partial charge is 0.214 e. The lowest BCUT2D eigenvalue weighted by atomic mass is 10.0. The highest BCUT2D eigenvalue weighted by Crippen LogP contribution is 2.33. The quantitative estimate of drug-likeness (QED) is 0.652. The molecule has 1 saturated heterocycles. The Kier molecular flexibility index (Phi) is 6.02. The van der Waals surface area contributed by atoms with Gasteiger partial charge in [0.25, 0.3) is 0 Å². The molecule has 1 saturated carbocycles. The fraction of sp³-hybridized carbons (Fsp3) is 0.571. The molecule has 1 atom stereocenters. The third kappa shape index (κ3) is 3.82. The number of nitrogens with zero attached hydrogens (tertiary/aromatic N) is 4. The second-order valence-corrected chi connectivity index (χ2v) is 8.00. The van der Waals surface area contributed by atoms with E-state index in [2.05, 4.69) is 38.9 Å². The van der Waals surface area contributed by atoms with E-state index in [0.29, 0.717) is 6.04 Å². The first-order valence-corrected chi connectivity index (χ1v) is 10.5. The molecule has 0 amide bonds. The molecule has 1 aliphatic carbocycles. The van der Waals surface area contributed by atoms with Crippen molar-refractivity contribution in [2.45, 2.75) is 37.8 Å². The molecule has 150 valence electrons. The maximum Gasteiger partial charge on any atom is 0.214 e. The number of methoxy groups -OCH3 is 1. The molecule has 1 aliphatic heterocycles. The third-order valence-corrected chi connectivity index (χ3v) is 6.34. The van der Waals surface area contributed by atoms with E-state index in [0.717, 1.165) is 44.3 Å². The number of aromatic nitrogens is 4. The van der Waals surface area contributed by atoms with E-state index in [1.54, 1.807) is 12.0 Å². The van der Waals surface area contributed by atoms with Gasteiger partial charge in [-0.3, -0.25) is 0 Å². The Balaban J connectivity index is 1.69. The van der Waals surface area contributed by atoms with Crippen LogP contribution in [0.5, 0.6) is 5.75 Å². The van der Waals surface area contributed by atoms with Gasteiger partial charge < -0.3 is 14.5 Å². The summed E-state index contributed by atoms with van der Waals surface area (Å²) in [6, 6.07) is 8.86. The zero-order valence-electron chi connectivity index (χ0n) is 16.8. The molecule has 0 bridgehead atoms. The van der Waals surface area contributed by atoms with Gasteiger partial charge in [-0.15, -0.1) is 5.10 Å². The minimum atomic E-state index is 0.0945. The van der Waals surface area contributed by atoms with Gasteiger partial charge in [0.2, 0.25) is 5.82 Å². The first-order valence-electron chi connectivity index (χ1n) is 10.5. The van der Waals surface area contributed by atoms with Gasteiger partial charge in [-0.25, -0.2) is 4.68 Å². The number of hydrogen-bond acceptors (Lipinski definition) is 4. The van der Waals surface area contributed by atoms with Crippen molar-refractivity contribution in [2.75, 3.05) is 39.8 Å². The maximum absolute atomic E-state index is 5.73. The molecule has 1 aromatic heterocycles. The molecule has 28 heavy (non-hydrogen) atoms. The summed E-state index contributed by atoms with van der Waals surface area (Å²) in [6.45, 7) is 9.38. The zero-order chi connectivity index (χ0) is 19.3. The number of piperazine rings is 1. The van der Waals surface area contributed by atoms with E-state index in [-0.39, 0.29) is 6.04 Å². The monoisotopic (exact) mass is 384 g/mol. The van der Waals surface area contributed by atoms with Crippen LogP contribution in [0.25, 0.3) is 0 Å². The molecule has 2 heterocycles. The minimum absolute atomic E-state index is 0.0945.